The van der Waals surface area contributed by atoms with Gasteiger partial charge >= 0.3 is 0 Å². The molecule has 8 unspecified atom stereocenters. The van der Waals surface area contributed by atoms with E-state index in [2.05, 4.69) is 56.4 Å². The van der Waals surface area contributed by atoms with E-state index >= 15 is 0 Å². The second-order valence-electron chi connectivity index (χ2n) is 23.3. The molecular formula is C62H124N14O10S2. The number of nitrogens with one attached hydrogen (secondary N) is 8. The summed E-state index contributed by atoms with van der Waals surface area (Å²) >= 11 is 2.60. The second kappa shape index (κ2) is 58.2. The highest BCUT2D eigenvalue weighted by atomic mass is 32.2. The minimum atomic E-state index is -1.28. The molecule has 24 nitrogen and oxygen atoms in total. The molecule has 0 radical (unpaired) electrons. The third-order valence-electron chi connectivity index (χ3n) is 15.3. The summed E-state index contributed by atoms with van der Waals surface area (Å²) in [5.41, 5.74) is 35.7. The number of aliphatic hydroxyl groups excluding tert-OH is 2. The van der Waals surface area contributed by atoms with Crippen LogP contribution in [0, 0.1) is 0 Å². The monoisotopic (exact) mass is 1290 g/mol. The molecule has 0 rings (SSSR count). The molecule has 0 aromatic rings. The van der Waals surface area contributed by atoms with Gasteiger partial charge in [0.1, 0.15) is 24.2 Å². The quantitative estimate of drug-likeness (QED) is 0.0389. The van der Waals surface area contributed by atoms with Crippen LogP contribution in [0.15, 0.2) is 0 Å². The standard InChI is InChI=1S/C62H124N14O10S2/c1-3-5-7-9-11-13-15-17-19-27-37-71-59(83)51(43-77)73-61(85)53(75-57(81)49(67)33-23-29-39-69-55(79)47(65)31-21-25-35-63)45-87-41-42-88-46-54(76-58(82)50(68)34-24-30-40-70-56(80)48(66)32-22-26-36-64)62(86)74-52(44-78)60(84)72-38-28-20-18-16-14-12-10-8-6-4-2/h47-54,77-78H,3-46,63-68H2,1-2H3,(H,69,79)(H,70,80)(H,71,83)(H,72,84)(H,73,85)(H,74,86)(H,75,81)(H,76,82). The SMILES string of the molecule is CCCCCCCCCCCCNC(=O)C(CO)NC(=O)C(CSCCSCC(NC(=O)C(N)CCCCNC(=O)C(N)CCCCN)C(=O)NC(CO)C(=O)NCCCCCCCCCCCC)NC(=O)C(N)CCCCNC(=O)C(N)CCCCN. The van der Waals surface area contributed by atoms with Crippen LogP contribution in [0.3, 0.4) is 0 Å². The topological polar surface area (TPSA) is 429 Å². The smallest absolute Gasteiger partial charge is 0.244 e. The van der Waals surface area contributed by atoms with E-state index in [-0.39, 0.29) is 36.2 Å². The molecule has 88 heavy (non-hydrogen) atoms. The molecule has 0 aromatic carbocycles. The Labute approximate surface area is 537 Å². The molecule has 0 saturated carbocycles. The van der Waals surface area contributed by atoms with E-state index < -0.39 is 97.0 Å². The zero-order valence-corrected chi connectivity index (χ0v) is 55.8. The summed E-state index contributed by atoms with van der Waals surface area (Å²) in [7, 11) is 0. The minimum Gasteiger partial charge on any atom is -0.394 e. The lowest BCUT2D eigenvalue weighted by Crippen LogP contribution is -2.57. The van der Waals surface area contributed by atoms with E-state index in [1.807, 2.05) is 0 Å². The van der Waals surface area contributed by atoms with Crippen molar-refractivity contribution in [1.29, 1.82) is 0 Å². The van der Waals surface area contributed by atoms with E-state index in [1.54, 1.807) is 0 Å². The summed E-state index contributed by atoms with van der Waals surface area (Å²) in [5.74, 6) is -3.42. The lowest BCUT2D eigenvalue weighted by atomic mass is 10.1. The van der Waals surface area contributed by atoms with Gasteiger partial charge in [-0.3, -0.25) is 38.4 Å². The molecule has 8 amide bonds. The number of rotatable bonds is 61. The molecule has 0 aliphatic carbocycles. The van der Waals surface area contributed by atoms with E-state index in [0.717, 1.165) is 77.0 Å². The number of hydrogen-bond donors (Lipinski definition) is 16. The van der Waals surface area contributed by atoms with Crippen molar-refractivity contribution in [2.45, 2.75) is 268 Å². The molecule has 0 bridgehead atoms. The first-order valence-corrected chi connectivity index (χ1v) is 35.9. The average molecular weight is 1290 g/mol. The van der Waals surface area contributed by atoms with Gasteiger partial charge in [0.15, 0.2) is 0 Å². The Morgan fingerprint density at radius 2 is 0.568 bits per heavy atom. The Kier molecular flexibility index (Phi) is 55.7. The number of unbranched alkanes of at least 4 members (excludes halogenated alkanes) is 22. The molecule has 0 fully saturated rings. The number of carbonyl (C=O) groups is 8. The Hall–Kier alpha value is -3.86. The van der Waals surface area contributed by atoms with Crippen molar-refractivity contribution in [3.05, 3.63) is 0 Å². The lowest BCUT2D eigenvalue weighted by Gasteiger charge is -2.24. The van der Waals surface area contributed by atoms with Crippen molar-refractivity contribution in [3.8, 4) is 0 Å². The molecule has 514 valence electrons. The van der Waals surface area contributed by atoms with Crippen LogP contribution < -0.4 is 76.9 Å². The first-order chi connectivity index (χ1) is 42.5. The molecule has 26 heteroatoms. The van der Waals surface area contributed by atoms with E-state index in [1.165, 1.54) is 101 Å². The van der Waals surface area contributed by atoms with Crippen molar-refractivity contribution in [3.63, 3.8) is 0 Å². The number of amides is 8. The van der Waals surface area contributed by atoms with Gasteiger partial charge < -0.3 is 87.1 Å². The van der Waals surface area contributed by atoms with Crippen molar-refractivity contribution in [2.75, 3.05) is 75.5 Å². The Bertz CT molecular complexity index is 1710. The highest BCUT2D eigenvalue weighted by Crippen LogP contribution is 2.15. The third kappa shape index (κ3) is 45.4. The molecule has 0 spiro atoms. The van der Waals surface area contributed by atoms with E-state index in [4.69, 9.17) is 34.4 Å². The fourth-order valence-electron chi connectivity index (χ4n) is 9.48. The van der Waals surface area contributed by atoms with Crippen LogP contribution in [0.1, 0.15) is 219 Å². The van der Waals surface area contributed by atoms with Crippen molar-refractivity contribution in [1.82, 2.24) is 42.5 Å². The molecule has 22 N–H and O–H groups in total. The highest BCUT2D eigenvalue weighted by Gasteiger charge is 2.30. The number of hydrogen-bond acceptors (Lipinski definition) is 18. The Morgan fingerprint density at radius 1 is 0.318 bits per heavy atom. The predicted molar refractivity (Wildman–Crippen MR) is 358 cm³/mol. The van der Waals surface area contributed by atoms with Gasteiger partial charge in [0.05, 0.1) is 37.4 Å². The maximum atomic E-state index is 13.9. The maximum Gasteiger partial charge on any atom is 0.244 e. The Morgan fingerprint density at radius 3 is 0.864 bits per heavy atom. The summed E-state index contributed by atoms with van der Waals surface area (Å²) in [6.07, 6.45) is 29.1. The van der Waals surface area contributed by atoms with Crippen LogP contribution in [0.2, 0.25) is 0 Å². The van der Waals surface area contributed by atoms with Gasteiger partial charge in [-0.15, -0.1) is 0 Å². The van der Waals surface area contributed by atoms with Crippen molar-refractivity contribution in [2.24, 2.45) is 34.4 Å². The van der Waals surface area contributed by atoms with Crippen molar-refractivity contribution < 1.29 is 48.6 Å². The molecule has 0 aliphatic rings. The predicted octanol–water partition coefficient (Wildman–Crippen LogP) is 2.59. The molecule has 0 saturated heterocycles. The molecule has 0 heterocycles. The fourth-order valence-corrected chi connectivity index (χ4v) is 11.7. The number of nitrogens with two attached hydrogens (primary N) is 6. The number of carbonyl (C=O) groups excluding carboxylic acids is 8. The molecule has 8 atom stereocenters. The number of thioether (sulfide) groups is 2. The van der Waals surface area contributed by atoms with Gasteiger partial charge in [-0.05, 0) is 90.1 Å². The van der Waals surface area contributed by atoms with Crippen LogP contribution in [0.25, 0.3) is 0 Å². The molecule has 0 aromatic heterocycles. The zero-order chi connectivity index (χ0) is 65.4. The Balaban J connectivity index is 5.90. The summed E-state index contributed by atoms with van der Waals surface area (Å²) in [4.78, 5) is 106. The van der Waals surface area contributed by atoms with Gasteiger partial charge in [-0.25, -0.2) is 0 Å². The van der Waals surface area contributed by atoms with Crippen LogP contribution in [-0.4, -0.2) is 181 Å². The molecular weight excluding hydrogens is 1160 g/mol. The van der Waals surface area contributed by atoms with Crippen LogP contribution in [0.4, 0.5) is 0 Å². The highest BCUT2D eigenvalue weighted by molar-refractivity contribution is 8.03. The third-order valence-corrected chi connectivity index (χ3v) is 17.6. The summed E-state index contributed by atoms with van der Waals surface area (Å²) < 4.78 is 0. The first-order valence-electron chi connectivity index (χ1n) is 33.6. The zero-order valence-electron chi connectivity index (χ0n) is 54.2. The lowest BCUT2D eigenvalue weighted by molar-refractivity contribution is -0.132. The van der Waals surface area contributed by atoms with Gasteiger partial charge in [-0.1, -0.05) is 142 Å². The van der Waals surface area contributed by atoms with Gasteiger partial charge in [-0.2, -0.15) is 23.5 Å². The van der Waals surface area contributed by atoms with Gasteiger partial charge in [0, 0.05) is 49.2 Å². The maximum absolute atomic E-state index is 13.9. The first kappa shape index (κ1) is 84.1. The minimum absolute atomic E-state index is 0.0357. The second-order valence-corrected chi connectivity index (χ2v) is 25.6. The van der Waals surface area contributed by atoms with Crippen LogP contribution in [-0.2, 0) is 38.4 Å². The van der Waals surface area contributed by atoms with Crippen LogP contribution >= 0.6 is 23.5 Å². The number of aliphatic hydroxyl groups is 2. The van der Waals surface area contributed by atoms with E-state index in [0.29, 0.717) is 89.3 Å². The van der Waals surface area contributed by atoms with Gasteiger partial charge in [0.2, 0.25) is 47.3 Å². The summed E-state index contributed by atoms with van der Waals surface area (Å²) in [6.45, 7) is 5.51. The normalized spacial score (nSPS) is 14.1. The summed E-state index contributed by atoms with van der Waals surface area (Å²) in [6, 6.07) is -8.23. The van der Waals surface area contributed by atoms with E-state index in [9.17, 15) is 48.6 Å². The molecule has 0 aliphatic heterocycles. The van der Waals surface area contributed by atoms with Crippen LogP contribution in [0.5, 0.6) is 0 Å². The summed E-state index contributed by atoms with van der Waals surface area (Å²) in [5, 5.41) is 42.4. The van der Waals surface area contributed by atoms with Gasteiger partial charge in [0.25, 0.3) is 0 Å². The average Bonchev–Trinajstić information content (AvgIpc) is 3.71. The largest absolute Gasteiger partial charge is 0.394 e. The fraction of sp³-hybridized carbons (Fsp3) is 0.871. The van der Waals surface area contributed by atoms with Crippen molar-refractivity contribution >= 4 is 70.8 Å².